The van der Waals surface area contributed by atoms with Crippen LogP contribution in [-0.2, 0) is 0 Å². The molecule has 3 nitrogen and oxygen atoms in total. The lowest BCUT2D eigenvalue weighted by Crippen LogP contribution is -2.08. The van der Waals surface area contributed by atoms with Gasteiger partial charge in [0.25, 0.3) is 5.37 Å². The Morgan fingerprint density at radius 2 is 2.29 bits per heavy atom. The number of hydrogen-bond acceptors (Lipinski definition) is 3. The van der Waals surface area contributed by atoms with Crippen LogP contribution in [0.4, 0.5) is 0 Å². The second-order valence-corrected chi connectivity index (χ2v) is 2.27. The second-order valence-electron chi connectivity index (χ2n) is 1.12. The van der Waals surface area contributed by atoms with Crippen LogP contribution < -0.4 is 0 Å². The molecule has 0 aromatic rings. The number of rotatable bonds is 2. The molecule has 0 heterocycles. The first-order chi connectivity index (χ1) is 3.18. The third kappa shape index (κ3) is 2.45. The van der Waals surface area contributed by atoms with E-state index >= 15 is 0 Å². The maximum atomic E-state index is 9.72. The van der Waals surface area contributed by atoms with Crippen molar-refractivity contribution in [2.75, 3.05) is 6.26 Å². The predicted octanol–water partition coefficient (Wildman–Crippen LogP) is 0.972. The molecule has 0 spiro atoms. The van der Waals surface area contributed by atoms with Crippen LogP contribution >= 0.6 is 11.8 Å². The van der Waals surface area contributed by atoms with Gasteiger partial charge in [0, 0.05) is 11.8 Å². The molecular formula is C3H7NO2S. The second kappa shape index (κ2) is 2.85. The van der Waals surface area contributed by atoms with Crippen LogP contribution in [0.2, 0.25) is 0 Å². The minimum absolute atomic E-state index is 0.315. The van der Waals surface area contributed by atoms with Gasteiger partial charge in [-0.1, -0.05) is 11.8 Å². The Balaban J connectivity index is 3.34. The maximum absolute atomic E-state index is 9.72. The van der Waals surface area contributed by atoms with Crippen LogP contribution in [0.25, 0.3) is 0 Å². The highest BCUT2D eigenvalue weighted by atomic mass is 32.2. The van der Waals surface area contributed by atoms with Gasteiger partial charge in [-0.3, -0.25) is 10.1 Å². The fourth-order valence-corrected chi connectivity index (χ4v) is 0.258. The zero-order chi connectivity index (χ0) is 5.86. The van der Waals surface area contributed by atoms with Gasteiger partial charge >= 0.3 is 0 Å². The lowest BCUT2D eigenvalue weighted by atomic mass is 10.8. The summed E-state index contributed by atoms with van der Waals surface area (Å²) in [5, 5.41) is 9.26. The predicted molar refractivity (Wildman–Crippen MR) is 30.0 cm³/mol. The third-order valence-corrected chi connectivity index (χ3v) is 1.49. The van der Waals surface area contributed by atoms with Crippen molar-refractivity contribution in [3.05, 3.63) is 10.1 Å². The van der Waals surface area contributed by atoms with E-state index in [0.29, 0.717) is 0 Å². The fraction of sp³-hybridized carbons (Fsp3) is 1.00. The summed E-state index contributed by atoms with van der Waals surface area (Å²) < 4.78 is 0. The van der Waals surface area contributed by atoms with Gasteiger partial charge in [0.1, 0.15) is 0 Å². The largest absolute Gasteiger partial charge is 0.263 e. The van der Waals surface area contributed by atoms with Gasteiger partial charge < -0.3 is 0 Å². The quantitative estimate of drug-likeness (QED) is 0.310. The highest BCUT2D eigenvalue weighted by molar-refractivity contribution is 7.98. The Kier molecular flexibility index (Phi) is 2.75. The summed E-state index contributed by atoms with van der Waals surface area (Å²) in [6.07, 6.45) is 1.72. The van der Waals surface area contributed by atoms with Crippen molar-refractivity contribution in [2.45, 2.75) is 12.3 Å². The lowest BCUT2D eigenvalue weighted by Gasteiger charge is -1.94. The van der Waals surface area contributed by atoms with E-state index in [1.54, 1.807) is 13.2 Å². The van der Waals surface area contributed by atoms with E-state index in [1.165, 1.54) is 11.8 Å². The summed E-state index contributed by atoms with van der Waals surface area (Å²) >= 11 is 1.23. The molecule has 0 aromatic carbocycles. The Bertz CT molecular complexity index is 75.3. The molecule has 0 aliphatic heterocycles. The van der Waals surface area contributed by atoms with Crippen LogP contribution in [0.15, 0.2) is 0 Å². The number of hydrogen-bond donors (Lipinski definition) is 0. The van der Waals surface area contributed by atoms with Crippen LogP contribution in [0.1, 0.15) is 6.92 Å². The van der Waals surface area contributed by atoms with Crippen molar-refractivity contribution < 1.29 is 4.92 Å². The SMILES string of the molecule is CSC(C)[N+](=O)[O-]. The fourth-order valence-electron chi connectivity index (χ4n) is 0.0861. The first-order valence-corrected chi connectivity index (χ1v) is 3.13. The van der Waals surface area contributed by atoms with Crippen molar-refractivity contribution in [1.29, 1.82) is 0 Å². The summed E-state index contributed by atoms with van der Waals surface area (Å²) in [7, 11) is 0. The first kappa shape index (κ1) is 6.75. The minimum atomic E-state index is -0.458. The monoisotopic (exact) mass is 121 g/mol. The molecule has 0 rings (SSSR count). The first-order valence-electron chi connectivity index (χ1n) is 1.84. The number of thioether (sulfide) groups is 1. The smallest absolute Gasteiger partial charge is 0.255 e. The molecule has 0 bridgehead atoms. The Morgan fingerprint density at radius 1 is 1.86 bits per heavy atom. The molecule has 0 fully saturated rings. The lowest BCUT2D eigenvalue weighted by molar-refractivity contribution is -0.490. The molecule has 0 amide bonds. The van der Waals surface area contributed by atoms with E-state index in [9.17, 15) is 10.1 Å². The molecular weight excluding hydrogens is 114 g/mol. The Labute approximate surface area is 46.2 Å². The van der Waals surface area contributed by atoms with Gasteiger partial charge in [0.05, 0.1) is 0 Å². The Morgan fingerprint density at radius 3 is 2.29 bits per heavy atom. The van der Waals surface area contributed by atoms with E-state index in [1.807, 2.05) is 0 Å². The van der Waals surface area contributed by atoms with Crippen LogP contribution in [-0.4, -0.2) is 16.6 Å². The van der Waals surface area contributed by atoms with Crippen LogP contribution in [0, 0.1) is 10.1 Å². The summed E-state index contributed by atoms with van der Waals surface area (Å²) in [6, 6.07) is 0. The molecule has 0 aliphatic carbocycles. The van der Waals surface area contributed by atoms with Crippen molar-refractivity contribution >= 4 is 11.8 Å². The van der Waals surface area contributed by atoms with Crippen LogP contribution in [0.3, 0.4) is 0 Å². The standard InChI is InChI=1S/C3H7NO2S/c1-3(7-2)4(5)6/h3H,1-2H3. The average molecular weight is 121 g/mol. The molecule has 0 saturated heterocycles. The Hall–Kier alpha value is -0.250. The summed E-state index contributed by atoms with van der Waals surface area (Å²) in [6.45, 7) is 1.56. The van der Waals surface area contributed by atoms with Crippen LogP contribution in [0.5, 0.6) is 0 Å². The van der Waals surface area contributed by atoms with Gasteiger partial charge in [0.15, 0.2) is 0 Å². The third-order valence-electron chi connectivity index (χ3n) is 0.638. The molecule has 1 unspecified atom stereocenters. The van der Waals surface area contributed by atoms with Gasteiger partial charge in [-0.2, -0.15) is 0 Å². The molecule has 7 heavy (non-hydrogen) atoms. The summed E-state index contributed by atoms with van der Waals surface area (Å²) in [4.78, 5) is 9.40. The average Bonchev–Trinajstić information content (AvgIpc) is 1.65. The number of nitro groups is 1. The molecule has 0 N–H and O–H groups in total. The highest BCUT2D eigenvalue weighted by Crippen LogP contribution is 2.03. The van der Waals surface area contributed by atoms with E-state index < -0.39 is 5.37 Å². The minimum Gasteiger partial charge on any atom is -0.263 e. The zero-order valence-electron chi connectivity index (χ0n) is 4.25. The molecule has 0 radical (unpaired) electrons. The van der Waals surface area contributed by atoms with E-state index in [4.69, 9.17) is 0 Å². The van der Waals surface area contributed by atoms with E-state index in [2.05, 4.69) is 0 Å². The highest BCUT2D eigenvalue weighted by Gasteiger charge is 2.07. The zero-order valence-corrected chi connectivity index (χ0v) is 5.07. The summed E-state index contributed by atoms with van der Waals surface area (Å²) in [5.74, 6) is 0. The van der Waals surface area contributed by atoms with Gasteiger partial charge in [-0.05, 0) is 6.26 Å². The van der Waals surface area contributed by atoms with Gasteiger partial charge in [-0.15, -0.1) is 0 Å². The van der Waals surface area contributed by atoms with Crippen molar-refractivity contribution in [2.24, 2.45) is 0 Å². The molecule has 0 aliphatic rings. The van der Waals surface area contributed by atoms with E-state index in [-0.39, 0.29) is 4.92 Å². The topological polar surface area (TPSA) is 43.1 Å². The normalized spacial score (nSPS) is 13.4. The molecule has 0 saturated carbocycles. The van der Waals surface area contributed by atoms with Crippen molar-refractivity contribution in [1.82, 2.24) is 0 Å². The molecule has 42 valence electrons. The van der Waals surface area contributed by atoms with Gasteiger partial charge in [-0.25, -0.2) is 0 Å². The summed E-state index contributed by atoms with van der Waals surface area (Å²) in [5.41, 5.74) is 0. The van der Waals surface area contributed by atoms with Crippen molar-refractivity contribution in [3.63, 3.8) is 0 Å². The maximum Gasteiger partial charge on any atom is 0.255 e. The van der Waals surface area contributed by atoms with E-state index in [0.717, 1.165) is 0 Å². The van der Waals surface area contributed by atoms with Crippen molar-refractivity contribution in [3.8, 4) is 0 Å². The molecule has 0 aromatic heterocycles. The molecule has 4 heteroatoms. The molecule has 1 atom stereocenters. The van der Waals surface area contributed by atoms with Gasteiger partial charge in [0.2, 0.25) is 0 Å². The number of nitrogens with zero attached hydrogens (tertiary/aromatic N) is 1.